The third-order valence-electron chi connectivity index (χ3n) is 6.48. The predicted octanol–water partition coefficient (Wildman–Crippen LogP) is 4.58. The van der Waals surface area contributed by atoms with Crippen LogP contribution in [0.2, 0.25) is 0 Å². The van der Waals surface area contributed by atoms with Crippen LogP contribution >= 0.6 is 0 Å². The summed E-state index contributed by atoms with van der Waals surface area (Å²) in [6, 6.07) is 10.8. The lowest BCUT2D eigenvalue weighted by atomic mass is 9.98. The van der Waals surface area contributed by atoms with Crippen molar-refractivity contribution >= 4 is 43.7 Å². The maximum Gasteiger partial charge on any atom is 0.340 e. The normalized spacial score (nSPS) is 13.6. The van der Waals surface area contributed by atoms with Crippen LogP contribution in [0.1, 0.15) is 40.1 Å². The topological polar surface area (TPSA) is 94.9 Å². The molecule has 37 heavy (non-hydrogen) atoms. The van der Waals surface area contributed by atoms with E-state index in [4.69, 9.17) is 9.47 Å². The number of amides is 1. The third-order valence-corrected chi connectivity index (χ3v) is 8.21. The minimum atomic E-state index is -4.34. The van der Waals surface area contributed by atoms with Crippen molar-refractivity contribution in [2.24, 2.45) is 5.92 Å². The number of nitrogens with zero attached hydrogens (tertiary/aromatic N) is 2. The second-order valence-electron chi connectivity index (χ2n) is 9.36. The fourth-order valence-corrected chi connectivity index (χ4v) is 6.50. The molecule has 0 spiro atoms. The summed E-state index contributed by atoms with van der Waals surface area (Å²) in [6.45, 7) is 4.78. The summed E-state index contributed by atoms with van der Waals surface area (Å²) in [4.78, 5) is 28.2. The van der Waals surface area contributed by atoms with Crippen LogP contribution in [0.5, 0.6) is 5.75 Å². The first-order valence-corrected chi connectivity index (χ1v) is 13.1. The fourth-order valence-electron chi connectivity index (χ4n) is 4.96. The number of aromatic nitrogens is 1. The number of halogens is 1. The van der Waals surface area contributed by atoms with E-state index in [1.54, 1.807) is 23.1 Å². The summed E-state index contributed by atoms with van der Waals surface area (Å²) < 4.78 is 53.1. The van der Waals surface area contributed by atoms with Gasteiger partial charge in [-0.3, -0.25) is 4.79 Å². The SMILES string of the molecule is COC(=O)c1cc2c(c3c4cc(OC)ccc4n(S(=O)(=O)c4ccc(F)cc4)c13)C(=O)N(CC(C)C)C2. The number of hydrogen-bond acceptors (Lipinski definition) is 6. The number of carbonyl (C=O) groups is 2. The van der Waals surface area contributed by atoms with Crippen molar-refractivity contribution in [1.82, 2.24) is 8.87 Å². The Hall–Kier alpha value is -3.92. The van der Waals surface area contributed by atoms with Gasteiger partial charge >= 0.3 is 5.97 Å². The Kier molecular flexibility index (Phi) is 5.94. The number of esters is 1. The largest absolute Gasteiger partial charge is 0.497 e. The standard InChI is InChI=1S/C27H25FN2O6S/c1-15(2)13-29-14-16-11-21(27(32)36-4)25-24(23(16)26(29)31)20-12-18(35-3)7-10-22(20)30(25)37(33,34)19-8-5-17(28)6-9-19/h5-12,15H,13-14H2,1-4H3. The molecule has 4 aromatic rings. The van der Waals surface area contributed by atoms with Gasteiger partial charge in [0.1, 0.15) is 11.6 Å². The molecule has 1 aliphatic rings. The minimum absolute atomic E-state index is 0.0105. The molecular formula is C27H25FN2O6S. The average Bonchev–Trinajstić information content (AvgIpc) is 3.37. The highest BCUT2D eigenvalue weighted by molar-refractivity contribution is 7.90. The molecule has 0 aliphatic carbocycles. The Morgan fingerprint density at radius 1 is 1.08 bits per heavy atom. The van der Waals surface area contributed by atoms with E-state index in [0.29, 0.717) is 34.2 Å². The lowest BCUT2D eigenvalue weighted by molar-refractivity contribution is 0.0602. The second kappa shape index (κ2) is 8.88. The van der Waals surface area contributed by atoms with Gasteiger partial charge in [-0.15, -0.1) is 0 Å². The quantitative estimate of drug-likeness (QED) is 0.343. The Bertz CT molecular complexity index is 1690. The number of methoxy groups -OCH3 is 2. The summed E-state index contributed by atoms with van der Waals surface area (Å²) >= 11 is 0. The summed E-state index contributed by atoms with van der Waals surface area (Å²) in [6.07, 6.45) is 0. The molecule has 2 heterocycles. The first kappa shape index (κ1) is 24.8. The molecule has 192 valence electrons. The van der Waals surface area contributed by atoms with Gasteiger partial charge in [-0.1, -0.05) is 13.8 Å². The van der Waals surface area contributed by atoms with Crippen molar-refractivity contribution in [3.05, 3.63) is 71.0 Å². The van der Waals surface area contributed by atoms with Gasteiger partial charge in [-0.05, 0) is 60.0 Å². The van der Waals surface area contributed by atoms with E-state index in [0.717, 1.165) is 28.2 Å². The molecule has 1 amide bonds. The van der Waals surface area contributed by atoms with Crippen molar-refractivity contribution in [2.75, 3.05) is 20.8 Å². The predicted molar refractivity (Wildman–Crippen MR) is 136 cm³/mol. The van der Waals surface area contributed by atoms with Gasteiger partial charge < -0.3 is 14.4 Å². The van der Waals surface area contributed by atoms with E-state index in [2.05, 4.69) is 0 Å². The Morgan fingerprint density at radius 3 is 2.41 bits per heavy atom. The van der Waals surface area contributed by atoms with Crippen LogP contribution in [-0.4, -0.2) is 49.9 Å². The van der Waals surface area contributed by atoms with Gasteiger partial charge in [0.25, 0.3) is 15.9 Å². The highest BCUT2D eigenvalue weighted by Gasteiger charge is 2.36. The van der Waals surface area contributed by atoms with Crippen LogP contribution in [0, 0.1) is 11.7 Å². The molecule has 0 bridgehead atoms. The summed E-state index contributed by atoms with van der Waals surface area (Å²) in [7, 11) is -1.65. The van der Waals surface area contributed by atoms with E-state index in [9.17, 15) is 22.4 Å². The molecule has 3 aromatic carbocycles. The molecule has 10 heteroatoms. The highest BCUT2D eigenvalue weighted by Crippen LogP contribution is 2.42. The molecule has 0 atom stereocenters. The Labute approximate surface area is 213 Å². The highest BCUT2D eigenvalue weighted by atomic mass is 32.2. The maximum atomic E-state index is 14.0. The maximum absolute atomic E-state index is 14.0. The molecule has 0 fully saturated rings. The summed E-state index contributed by atoms with van der Waals surface area (Å²) in [5.74, 6) is -0.921. The zero-order chi connectivity index (χ0) is 26.6. The zero-order valence-corrected chi connectivity index (χ0v) is 21.6. The molecule has 0 unspecified atom stereocenters. The Balaban J connectivity index is 1.96. The van der Waals surface area contributed by atoms with Gasteiger partial charge in [0, 0.05) is 23.9 Å². The molecule has 8 nitrogen and oxygen atoms in total. The zero-order valence-electron chi connectivity index (χ0n) is 20.7. The van der Waals surface area contributed by atoms with Gasteiger partial charge in [0.2, 0.25) is 0 Å². The monoisotopic (exact) mass is 524 g/mol. The van der Waals surface area contributed by atoms with E-state index in [1.165, 1.54) is 20.3 Å². The van der Waals surface area contributed by atoms with Crippen molar-refractivity contribution < 1.29 is 31.9 Å². The molecule has 0 N–H and O–H groups in total. The van der Waals surface area contributed by atoms with Gasteiger partial charge in [0.05, 0.1) is 41.3 Å². The molecule has 1 aliphatic heterocycles. The van der Waals surface area contributed by atoms with Gasteiger partial charge in [-0.2, -0.15) is 0 Å². The van der Waals surface area contributed by atoms with Gasteiger partial charge in [0.15, 0.2) is 0 Å². The first-order chi connectivity index (χ1) is 17.6. The molecule has 0 radical (unpaired) electrons. The molecule has 0 saturated carbocycles. The van der Waals surface area contributed by atoms with Crippen molar-refractivity contribution in [1.29, 1.82) is 0 Å². The second-order valence-corrected chi connectivity index (χ2v) is 11.1. The molecule has 0 saturated heterocycles. The number of ether oxygens (including phenoxy) is 2. The van der Waals surface area contributed by atoms with Crippen molar-refractivity contribution in [3.63, 3.8) is 0 Å². The van der Waals surface area contributed by atoms with E-state index >= 15 is 0 Å². The Morgan fingerprint density at radius 2 is 1.78 bits per heavy atom. The first-order valence-electron chi connectivity index (χ1n) is 11.6. The third kappa shape index (κ3) is 3.83. The van der Waals surface area contributed by atoms with Crippen LogP contribution in [0.15, 0.2) is 53.4 Å². The van der Waals surface area contributed by atoms with Crippen molar-refractivity contribution in [2.45, 2.75) is 25.3 Å². The molecular weight excluding hydrogens is 499 g/mol. The minimum Gasteiger partial charge on any atom is -0.497 e. The molecule has 5 rings (SSSR count). The van der Waals surface area contributed by atoms with Crippen molar-refractivity contribution in [3.8, 4) is 5.75 Å². The van der Waals surface area contributed by atoms with E-state index < -0.39 is 21.8 Å². The van der Waals surface area contributed by atoms with Crippen LogP contribution in [-0.2, 0) is 21.3 Å². The van der Waals surface area contributed by atoms with Gasteiger partial charge in [-0.25, -0.2) is 21.6 Å². The summed E-state index contributed by atoms with van der Waals surface area (Å²) in [5.41, 5.74) is 1.23. The number of benzene rings is 3. The number of hydrogen-bond donors (Lipinski definition) is 0. The fraction of sp³-hybridized carbons (Fsp3) is 0.259. The number of carbonyl (C=O) groups excluding carboxylic acids is 2. The van der Waals surface area contributed by atoms with E-state index in [-0.39, 0.29) is 39.9 Å². The van der Waals surface area contributed by atoms with Crippen LogP contribution < -0.4 is 4.74 Å². The average molecular weight is 525 g/mol. The van der Waals surface area contributed by atoms with Crippen LogP contribution in [0.3, 0.4) is 0 Å². The smallest absolute Gasteiger partial charge is 0.340 e. The van der Waals surface area contributed by atoms with E-state index in [1.807, 2.05) is 13.8 Å². The summed E-state index contributed by atoms with van der Waals surface area (Å²) in [5, 5.41) is 0.760. The lowest BCUT2D eigenvalue weighted by Crippen LogP contribution is -2.27. The number of fused-ring (bicyclic) bond motifs is 5. The lowest BCUT2D eigenvalue weighted by Gasteiger charge is -2.17. The van der Waals surface area contributed by atoms with Crippen LogP contribution in [0.4, 0.5) is 4.39 Å². The van der Waals surface area contributed by atoms with Crippen LogP contribution in [0.25, 0.3) is 21.8 Å². The number of rotatable bonds is 6. The molecule has 1 aromatic heterocycles.